The lowest BCUT2D eigenvalue weighted by Crippen LogP contribution is -2.07. The molecule has 0 N–H and O–H groups in total. The number of epoxide rings is 1. The van der Waals surface area contributed by atoms with Crippen LogP contribution in [0.25, 0.3) is 0 Å². The van der Waals surface area contributed by atoms with Gasteiger partial charge in [-0.2, -0.15) is 0 Å². The molecule has 1 fully saturated rings. The summed E-state index contributed by atoms with van der Waals surface area (Å²) in [5.41, 5.74) is 1.26. The highest BCUT2D eigenvalue weighted by molar-refractivity contribution is 14.1. The molecule has 1 aliphatic rings. The van der Waals surface area contributed by atoms with E-state index in [2.05, 4.69) is 41.6 Å². The minimum absolute atomic E-state index is 0.160. The minimum atomic E-state index is 0.160. The van der Waals surface area contributed by atoms with E-state index in [0.29, 0.717) is 12.7 Å². The first-order valence-corrected chi connectivity index (χ1v) is 5.83. The van der Waals surface area contributed by atoms with E-state index < -0.39 is 0 Å². The van der Waals surface area contributed by atoms with Gasteiger partial charge in [-0.3, -0.25) is 0 Å². The van der Waals surface area contributed by atoms with Crippen molar-refractivity contribution in [3.63, 3.8) is 0 Å². The summed E-state index contributed by atoms with van der Waals surface area (Å²) in [5.74, 6) is 0. The molecule has 0 aliphatic carbocycles. The molecule has 1 aromatic rings. The summed E-state index contributed by atoms with van der Waals surface area (Å²) in [5, 5.41) is 0. The molecule has 2 unspecified atom stereocenters. The summed E-state index contributed by atoms with van der Waals surface area (Å²) in [7, 11) is 0. The second-order valence-electron chi connectivity index (χ2n) is 3.45. The molecular weight excluding hydrogens is 291 g/mol. The molecule has 0 bridgehead atoms. The van der Waals surface area contributed by atoms with Crippen LogP contribution in [0.1, 0.15) is 18.6 Å². The van der Waals surface area contributed by atoms with Crippen LogP contribution in [0.15, 0.2) is 24.3 Å². The Morgan fingerprint density at radius 3 is 2.93 bits per heavy atom. The van der Waals surface area contributed by atoms with Gasteiger partial charge in [-0.1, -0.05) is 18.2 Å². The molecule has 0 spiro atoms. The zero-order valence-electron chi connectivity index (χ0n) is 8.07. The van der Waals surface area contributed by atoms with Gasteiger partial charge in [0.15, 0.2) is 0 Å². The summed E-state index contributed by atoms with van der Waals surface area (Å²) in [4.78, 5) is 0. The maximum Gasteiger partial charge on any atom is 0.104 e. The third kappa shape index (κ3) is 2.68. The van der Waals surface area contributed by atoms with Gasteiger partial charge in [0.05, 0.1) is 19.3 Å². The Morgan fingerprint density at radius 1 is 1.57 bits per heavy atom. The molecule has 0 radical (unpaired) electrons. The second-order valence-corrected chi connectivity index (χ2v) is 4.61. The molecule has 2 nitrogen and oxygen atoms in total. The maximum atomic E-state index is 5.70. The van der Waals surface area contributed by atoms with Gasteiger partial charge in [-0.05, 0) is 41.1 Å². The Morgan fingerprint density at radius 2 is 2.29 bits per heavy atom. The van der Waals surface area contributed by atoms with Crippen LogP contribution in [0.3, 0.4) is 0 Å². The molecule has 76 valence electrons. The number of benzene rings is 1. The lowest BCUT2D eigenvalue weighted by molar-refractivity contribution is 0.0535. The van der Waals surface area contributed by atoms with Crippen LogP contribution in [0, 0.1) is 3.57 Å². The number of hydrogen-bond acceptors (Lipinski definition) is 2. The molecule has 14 heavy (non-hydrogen) atoms. The van der Waals surface area contributed by atoms with E-state index in [1.807, 2.05) is 12.1 Å². The highest BCUT2D eigenvalue weighted by Gasteiger charge is 2.23. The van der Waals surface area contributed by atoms with Crippen LogP contribution in [-0.4, -0.2) is 19.3 Å². The summed E-state index contributed by atoms with van der Waals surface area (Å²) >= 11 is 2.34. The molecule has 1 aliphatic heterocycles. The second kappa shape index (κ2) is 4.59. The average molecular weight is 304 g/mol. The molecule has 3 heteroatoms. The smallest absolute Gasteiger partial charge is 0.104 e. The maximum absolute atomic E-state index is 5.70. The van der Waals surface area contributed by atoms with Gasteiger partial charge in [0.2, 0.25) is 0 Å². The van der Waals surface area contributed by atoms with Crippen LogP contribution in [0.5, 0.6) is 0 Å². The van der Waals surface area contributed by atoms with Crippen molar-refractivity contribution in [3.05, 3.63) is 33.4 Å². The van der Waals surface area contributed by atoms with Crippen molar-refractivity contribution in [2.24, 2.45) is 0 Å². The van der Waals surface area contributed by atoms with Gasteiger partial charge in [0, 0.05) is 3.57 Å². The first-order valence-electron chi connectivity index (χ1n) is 4.75. The van der Waals surface area contributed by atoms with Crippen LogP contribution in [-0.2, 0) is 9.47 Å². The van der Waals surface area contributed by atoms with Crippen LogP contribution in [0.2, 0.25) is 0 Å². The van der Waals surface area contributed by atoms with Crippen molar-refractivity contribution in [2.75, 3.05) is 13.2 Å². The lowest BCUT2D eigenvalue weighted by atomic mass is 10.1. The van der Waals surface area contributed by atoms with Gasteiger partial charge < -0.3 is 9.47 Å². The van der Waals surface area contributed by atoms with E-state index in [0.717, 1.165) is 6.61 Å². The van der Waals surface area contributed by atoms with E-state index in [4.69, 9.17) is 9.47 Å². The predicted molar refractivity (Wildman–Crippen MR) is 63.3 cm³/mol. The Kier molecular flexibility index (Phi) is 3.41. The monoisotopic (exact) mass is 304 g/mol. The topological polar surface area (TPSA) is 21.8 Å². The molecule has 1 aromatic carbocycles. The Hall–Kier alpha value is -0.130. The summed E-state index contributed by atoms with van der Waals surface area (Å²) in [6, 6.07) is 8.30. The standard InChI is InChI=1S/C11H13IO2/c1-8(13-6-9-7-14-9)10-4-2-3-5-11(10)12/h2-5,8-9H,6-7H2,1H3. The Labute approximate surface area is 97.7 Å². The van der Waals surface area contributed by atoms with Crippen molar-refractivity contribution in [1.82, 2.24) is 0 Å². The fourth-order valence-electron chi connectivity index (χ4n) is 1.31. The molecule has 0 aromatic heterocycles. The van der Waals surface area contributed by atoms with E-state index in [9.17, 15) is 0 Å². The van der Waals surface area contributed by atoms with Crippen LogP contribution >= 0.6 is 22.6 Å². The van der Waals surface area contributed by atoms with Gasteiger partial charge in [0.25, 0.3) is 0 Å². The minimum Gasteiger partial charge on any atom is -0.371 e. The summed E-state index contributed by atoms with van der Waals surface area (Å²) in [6.07, 6.45) is 0.506. The Bertz CT molecular complexity index is 310. The van der Waals surface area contributed by atoms with E-state index in [-0.39, 0.29) is 6.10 Å². The van der Waals surface area contributed by atoms with E-state index in [1.54, 1.807) is 0 Å². The third-order valence-electron chi connectivity index (χ3n) is 2.28. The molecule has 2 rings (SSSR count). The Balaban J connectivity index is 1.95. The van der Waals surface area contributed by atoms with Crippen molar-refractivity contribution < 1.29 is 9.47 Å². The predicted octanol–water partition coefficient (Wildman–Crippen LogP) is 2.77. The quantitative estimate of drug-likeness (QED) is 0.630. The van der Waals surface area contributed by atoms with Crippen LogP contribution in [0.4, 0.5) is 0 Å². The fraction of sp³-hybridized carbons (Fsp3) is 0.455. The lowest BCUT2D eigenvalue weighted by Gasteiger charge is -2.13. The number of hydrogen-bond donors (Lipinski definition) is 0. The van der Waals surface area contributed by atoms with Crippen molar-refractivity contribution in [1.29, 1.82) is 0 Å². The SMILES string of the molecule is CC(OCC1CO1)c1ccccc1I. The van der Waals surface area contributed by atoms with Gasteiger partial charge >= 0.3 is 0 Å². The van der Waals surface area contributed by atoms with Gasteiger partial charge in [-0.15, -0.1) is 0 Å². The first kappa shape index (κ1) is 10.4. The number of rotatable bonds is 4. The summed E-state index contributed by atoms with van der Waals surface area (Å²) < 4.78 is 12.1. The van der Waals surface area contributed by atoms with Crippen molar-refractivity contribution in [3.8, 4) is 0 Å². The zero-order valence-corrected chi connectivity index (χ0v) is 10.2. The van der Waals surface area contributed by atoms with Gasteiger partial charge in [-0.25, -0.2) is 0 Å². The first-order chi connectivity index (χ1) is 6.77. The van der Waals surface area contributed by atoms with Crippen molar-refractivity contribution in [2.45, 2.75) is 19.1 Å². The van der Waals surface area contributed by atoms with E-state index in [1.165, 1.54) is 9.13 Å². The zero-order chi connectivity index (χ0) is 9.97. The van der Waals surface area contributed by atoms with Crippen molar-refractivity contribution >= 4 is 22.6 Å². The van der Waals surface area contributed by atoms with E-state index >= 15 is 0 Å². The number of ether oxygens (including phenoxy) is 2. The van der Waals surface area contributed by atoms with Crippen LogP contribution < -0.4 is 0 Å². The highest BCUT2D eigenvalue weighted by atomic mass is 127. The fourth-order valence-corrected chi connectivity index (χ4v) is 2.14. The highest BCUT2D eigenvalue weighted by Crippen LogP contribution is 2.23. The summed E-state index contributed by atoms with van der Waals surface area (Å²) in [6.45, 7) is 3.66. The number of halogens is 1. The third-order valence-corrected chi connectivity index (χ3v) is 3.26. The largest absolute Gasteiger partial charge is 0.371 e. The van der Waals surface area contributed by atoms with Gasteiger partial charge in [0.1, 0.15) is 6.10 Å². The molecular formula is C11H13IO2. The molecule has 0 saturated carbocycles. The molecule has 0 amide bonds. The molecule has 1 heterocycles. The molecule has 2 atom stereocenters. The normalized spacial score (nSPS) is 22.0. The molecule has 1 saturated heterocycles. The average Bonchev–Trinajstić information content (AvgIpc) is 2.98.